The van der Waals surface area contributed by atoms with Gasteiger partial charge in [0.15, 0.2) is 22.4 Å². The van der Waals surface area contributed by atoms with E-state index in [-0.39, 0.29) is 21.7 Å². The Hall–Kier alpha value is -13.1. The van der Waals surface area contributed by atoms with Crippen molar-refractivity contribution < 1.29 is 18.3 Å². The number of nitrogens with zero attached hydrogens (tertiary/aromatic N) is 15. The monoisotopic (exact) mass is 1760 g/mol. The summed E-state index contributed by atoms with van der Waals surface area (Å²) < 4.78 is 25.7. The first-order valence-corrected chi connectivity index (χ1v) is 48.2. The van der Waals surface area contributed by atoms with Crippen LogP contribution in [-0.4, -0.2) is 50.7 Å². The molecule has 0 unspecified atom stereocenters. The van der Waals surface area contributed by atoms with Crippen LogP contribution in [0.3, 0.4) is 0 Å². The molecule has 0 bridgehead atoms. The fourth-order valence-electron chi connectivity index (χ4n) is 22.5. The van der Waals surface area contributed by atoms with E-state index in [1.54, 1.807) is 0 Å². The lowest BCUT2D eigenvalue weighted by molar-refractivity contribution is -0.643. The van der Waals surface area contributed by atoms with E-state index in [0.29, 0.717) is 23.7 Å². The van der Waals surface area contributed by atoms with Gasteiger partial charge in [0.05, 0.1) is 105 Å². The highest BCUT2D eigenvalue weighted by molar-refractivity contribution is 6.12. The number of hydrogen-bond donors (Lipinski definition) is 0. The van der Waals surface area contributed by atoms with Gasteiger partial charge in [0, 0.05) is 22.7 Å². The molecular weight excluding hydrogens is 1630 g/mol. The fourth-order valence-corrected chi connectivity index (χ4v) is 22.5. The van der Waals surface area contributed by atoms with E-state index in [0.717, 1.165) is 81.6 Å². The van der Waals surface area contributed by atoms with Crippen LogP contribution in [0, 0.1) is 51.4 Å². The van der Waals surface area contributed by atoms with Crippen molar-refractivity contribution in [3.05, 3.63) is 292 Å². The minimum atomic E-state index is 0.0240. The molecule has 0 radical (unpaired) electrons. The molecule has 0 fully saturated rings. The molecule has 0 atom stereocenters. The summed E-state index contributed by atoms with van der Waals surface area (Å²) in [5.41, 5.74) is 41.7. The van der Waals surface area contributed by atoms with E-state index in [2.05, 4.69) is 462 Å². The zero-order valence-electron chi connectivity index (χ0n) is 83.7. The SMILES string of the molecule is Cc1c(C(C)(C)C)ccc2c1c1n(c(-c3c(CC(C)C)cccc3CC(C)C)c[n+]1C)c1nc3ccccc3n21.Cc1c(C(C)(C)C)ccc2c1c1n(c3ccccc3[n+]1C)c1nc3ccccc3n21.Cc1c(C(C)(C)C)ccc2c1c1n(cc[n+]1C)c1nc3ccccc3n21.Cc1c(C(C)(C)C)cnc2c3ccccc3n3c(-c4c(CC(C)C)cccc4CC(C)C)c[n+](C)c3c12. The minimum absolute atomic E-state index is 0.0240. The minimum Gasteiger partial charge on any atom is -0.258 e. The Bertz CT molecular complexity index is 8420. The highest BCUT2D eigenvalue weighted by atomic mass is 15.2. The predicted molar refractivity (Wildman–Crippen MR) is 555 cm³/mol. The van der Waals surface area contributed by atoms with Crippen LogP contribution >= 0.6 is 0 Å². The summed E-state index contributed by atoms with van der Waals surface area (Å²) in [6, 6.07) is 70.3. The van der Waals surface area contributed by atoms with E-state index in [9.17, 15) is 0 Å². The summed E-state index contributed by atoms with van der Waals surface area (Å²) in [6.07, 6.45) is 15.3. The van der Waals surface area contributed by atoms with Crippen LogP contribution in [0.4, 0.5) is 0 Å². The average molecular weight is 1760 g/mol. The summed E-state index contributed by atoms with van der Waals surface area (Å²) in [7, 11) is 8.67. The molecule has 0 N–H and O–H groups in total. The van der Waals surface area contributed by atoms with Gasteiger partial charge < -0.3 is 0 Å². The van der Waals surface area contributed by atoms with Crippen LogP contribution in [0.1, 0.15) is 205 Å². The molecule has 0 aliphatic rings. The molecule has 15 heteroatoms. The standard InChI is InChI=1S/C36H43N4.C34H42N3.C26H25N4.C22H23N4/c1-22(2)19-25-13-12-14-26(20-23(3)4)33(25)31-21-38(9)34-32-24(5)27(36(6,7)8)17-18-30(32)39-29-16-11-10-15-28(29)37-35(39)40(31)34;1-21(2)17-24-13-12-14-25(18-22(3)4)31(24)29-20-36(9)33-30-23(5)27(34(6,7)8)19-35-32(30)26-15-10-11-16-28(26)37(29)33;1-16-17(26(2,3)4)14-15-22-23(16)24-28(5)20-12-8-9-13-21(20)30(24)25-27-18-10-6-7-11-19(18)29(22)25;1-14-15(22(2,3)4)10-11-18-19(14)20-24(5)12-13-25(20)21-23-16-8-6-7-9-17(16)26(18)21/h10-18,21-23H,19-20H2,1-9H3;10-16,19-22H,17-18H2,1-9H3;6-15H,1-5H3;6-13H,1-5H3/q4*+1. The predicted octanol–water partition coefficient (Wildman–Crippen LogP) is 26.3. The first kappa shape index (κ1) is 89.1. The largest absolute Gasteiger partial charge is 0.312 e. The molecule has 10 aromatic carbocycles. The van der Waals surface area contributed by atoms with E-state index in [4.69, 9.17) is 19.9 Å². The van der Waals surface area contributed by atoms with Gasteiger partial charge in [-0.2, -0.15) is 32.6 Å². The number of para-hydroxylation sites is 9. The van der Waals surface area contributed by atoms with Crippen molar-refractivity contribution in [2.75, 3.05) is 0 Å². The number of hydrogen-bond acceptors (Lipinski definition) is 4. The second-order valence-electron chi connectivity index (χ2n) is 43.8. The number of rotatable bonds is 10. The van der Waals surface area contributed by atoms with Gasteiger partial charge in [0.2, 0.25) is 0 Å². The van der Waals surface area contributed by atoms with Gasteiger partial charge in [-0.1, -0.05) is 254 Å². The topological polar surface area (TPSA) is 98.0 Å². The zero-order chi connectivity index (χ0) is 94.2. The number of imidazole rings is 7. The maximum atomic E-state index is 5.29. The van der Waals surface area contributed by atoms with Crippen LogP contribution in [0.2, 0.25) is 0 Å². The van der Waals surface area contributed by atoms with Gasteiger partial charge in [-0.25, -0.2) is 18.3 Å². The number of pyridine rings is 2. The van der Waals surface area contributed by atoms with Gasteiger partial charge in [0.25, 0.3) is 22.6 Å². The number of fused-ring (bicyclic) bond motifs is 32. The van der Waals surface area contributed by atoms with Crippen LogP contribution in [-0.2, 0) is 75.5 Å². The third-order valence-electron chi connectivity index (χ3n) is 27.9. The van der Waals surface area contributed by atoms with Crippen LogP contribution in [0.25, 0.3) is 161 Å². The summed E-state index contributed by atoms with van der Waals surface area (Å²) >= 11 is 0. The summed E-state index contributed by atoms with van der Waals surface area (Å²) in [4.78, 5) is 20.4. The smallest absolute Gasteiger partial charge is 0.258 e. The normalized spacial score (nSPS) is 12.8. The maximum absolute atomic E-state index is 5.29. The van der Waals surface area contributed by atoms with E-state index in [1.807, 2.05) is 6.07 Å². The summed E-state index contributed by atoms with van der Waals surface area (Å²) in [6.45, 7) is 55.2. The molecule has 22 aromatic rings. The van der Waals surface area contributed by atoms with Crippen molar-refractivity contribution >= 4 is 139 Å². The Morgan fingerprint density at radius 2 is 0.662 bits per heavy atom. The van der Waals surface area contributed by atoms with Gasteiger partial charge >= 0.3 is 17.3 Å². The van der Waals surface area contributed by atoms with Gasteiger partial charge in [-0.05, 0) is 244 Å². The van der Waals surface area contributed by atoms with Crippen molar-refractivity contribution in [3.8, 4) is 22.5 Å². The van der Waals surface area contributed by atoms with Gasteiger partial charge in [-0.3, -0.25) is 18.2 Å². The molecule has 133 heavy (non-hydrogen) atoms. The van der Waals surface area contributed by atoms with Gasteiger partial charge in [0.1, 0.15) is 30.3 Å². The first-order valence-electron chi connectivity index (χ1n) is 48.2. The third kappa shape index (κ3) is 14.8. The summed E-state index contributed by atoms with van der Waals surface area (Å²) in [5.74, 6) is 5.20. The Kier molecular flexibility index (Phi) is 22.1. The molecule has 0 saturated carbocycles. The first-order chi connectivity index (χ1) is 63.2. The molecule has 0 aliphatic heterocycles. The average Bonchev–Trinajstić information content (AvgIpc) is 1.46. The van der Waals surface area contributed by atoms with Crippen LogP contribution in [0.15, 0.2) is 225 Å². The molecule has 15 nitrogen and oxygen atoms in total. The van der Waals surface area contributed by atoms with E-state index >= 15 is 0 Å². The van der Waals surface area contributed by atoms with Crippen molar-refractivity contribution in [1.29, 1.82) is 0 Å². The van der Waals surface area contributed by atoms with Crippen molar-refractivity contribution in [2.45, 2.75) is 214 Å². The van der Waals surface area contributed by atoms with Crippen LogP contribution < -0.4 is 18.3 Å². The molecular formula is C118H133N15+4. The lowest BCUT2D eigenvalue weighted by atomic mass is 9.83. The molecule has 12 aromatic heterocycles. The molecule has 0 aliphatic carbocycles. The second-order valence-corrected chi connectivity index (χ2v) is 43.8. The van der Waals surface area contributed by atoms with Crippen molar-refractivity contribution in [2.24, 2.45) is 51.9 Å². The third-order valence-corrected chi connectivity index (χ3v) is 27.9. The highest BCUT2D eigenvalue weighted by Gasteiger charge is 2.37. The van der Waals surface area contributed by atoms with Crippen molar-refractivity contribution in [1.82, 2.24) is 50.7 Å². The Morgan fingerprint density at radius 3 is 1.10 bits per heavy atom. The van der Waals surface area contributed by atoms with E-state index in [1.165, 1.54) is 172 Å². The fraction of sp³-hybridized carbons (Fsp3) is 0.339. The Balaban J connectivity index is 0.000000116. The molecule has 0 amide bonds. The lowest BCUT2D eigenvalue weighted by Crippen LogP contribution is -2.28. The Labute approximate surface area is 782 Å². The number of aromatic nitrogens is 15. The quantitative estimate of drug-likeness (QED) is 0.101. The van der Waals surface area contributed by atoms with Crippen molar-refractivity contribution in [3.63, 3.8) is 0 Å². The highest BCUT2D eigenvalue weighted by Crippen LogP contribution is 2.45. The zero-order valence-corrected chi connectivity index (χ0v) is 83.7. The number of benzene rings is 10. The van der Waals surface area contributed by atoms with Gasteiger partial charge in [-0.15, -0.1) is 0 Å². The maximum Gasteiger partial charge on any atom is 0.312 e. The number of aryl methyl sites for hydroxylation is 8. The molecule has 0 saturated heterocycles. The Morgan fingerprint density at radius 1 is 0.308 bits per heavy atom. The van der Waals surface area contributed by atoms with E-state index < -0.39 is 0 Å². The molecule has 22 rings (SSSR count). The molecule has 12 heterocycles. The molecule has 676 valence electrons. The lowest BCUT2D eigenvalue weighted by Gasteiger charge is -2.22. The summed E-state index contributed by atoms with van der Waals surface area (Å²) in [5, 5.41) is 6.34. The second kappa shape index (κ2) is 32.9. The molecule has 0 spiro atoms. The van der Waals surface area contributed by atoms with Crippen LogP contribution in [0.5, 0.6) is 0 Å².